The minimum atomic E-state index is -0.514. The third-order valence-corrected chi connectivity index (χ3v) is 7.07. The van der Waals surface area contributed by atoms with Crippen LogP contribution in [0.4, 0.5) is 4.79 Å². The van der Waals surface area contributed by atoms with Gasteiger partial charge in [-0.25, -0.2) is 9.78 Å². The highest BCUT2D eigenvalue weighted by Gasteiger charge is 2.56. The molecule has 1 aromatic carbocycles. The van der Waals surface area contributed by atoms with Crippen LogP contribution >= 0.6 is 0 Å². The summed E-state index contributed by atoms with van der Waals surface area (Å²) in [6, 6.07) is 6.23. The molecule has 5 rings (SSSR count). The van der Waals surface area contributed by atoms with Crippen molar-refractivity contribution in [3.8, 4) is 0 Å². The van der Waals surface area contributed by atoms with Crippen molar-refractivity contribution >= 4 is 29.7 Å². The minimum absolute atomic E-state index is 0.0775. The van der Waals surface area contributed by atoms with Crippen LogP contribution in [0.15, 0.2) is 18.2 Å². The van der Waals surface area contributed by atoms with Gasteiger partial charge in [-0.15, -0.1) is 0 Å². The van der Waals surface area contributed by atoms with Gasteiger partial charge < -0.3 is 19.0 Å². The van der Waals surface area contributed by atoms with Crippen molar-refractivity contribution < 1.29 is 18.8 Å². The fourth-order valence-electron chi connectivity index (χ4n) is 4.61. The van der Waals surface area contributed by atoms with Crippen LogP contribution in [-0.2, 0) is 14.0 Å². The van der Waals surface area contributed by atoms with Crippen LogP contribution in [0.3, 0.4) is 0 Å². The van der Waals surface area contributed by atoms with Crippen LogP contribution in [0.1, 0.15) is 73.2 Å². The number of aromatic nitrogens is 2. The highest BCUT2D eigenvalue weighted by Crippen LogP contribution is 2.53. The first kappa shape index (κ1) is 20.8. The number of carbonyl (C=O) groups excluding carboxylic acids is 1. The fraction of sp³-hybridized carbons (Fsp3) is 0.652. The molecule has 1 N–H and O–H groups in total. The van der Waals surface area contributed by atoms with Crippen LogP contribution in [0, 0.1) is 5.92 Å². The summed E-state index contributed by atoms with van der Waals surface area (Å²) in [7, 11) is -0.418. The van der Waals surface area contributed by atoms with Crippen molar-refractivity contribution in [2.24, 2.45) is 5.92 Å². The number of piperidine rings is 1. The molecular formula is C23H32BN3O4. The molecule has 0 radical (unpaired) electrons. The van der Waals surface area contributed by atoms with E-state index >= 15 is 0 Å². The first-order valence-electron chi connectivity index (χ1n) is 11.2. The highest BCUT2D eigenvalue weighted by atomic mass is 16.7. The molecule has 1 aliphatic carbocycles. The van der Waals surface area contributed by atoms with Gasteiger partial charge >= 0.3 is 13.2 Å². The molecular weight excluding hydrogens is 393 g/mol. The van der Waals surface area contributed by atoms with Crippen molar-refractivity contribution in [2.45, 2.75) is 90.2 Å². The molecule has 166 valence electrons. The number of hydrogen-bond acceptors (Lipinski definition) is 5. The van der Waals surface area contributed by atoms with Crippen molar-refractivity contribution in [1.82, 2.24) is 14.9 Å². The Kier molecular flexibility index (Phi) is 4.35. The standard InChI is InChI=1S/C23H32BN3O4/c1-21(2,3)29-20(28)27-17-10-13(17)11-18(27)19-25-15-9-8-14(12-16(15)26-19)24-30-22(4,5)23(6,7)31-24/h8-9,12-13,17-18H,10-11H2,1-7H3,(H,25,26)/t13?,17?,18-/m0/s1. The van der Waals surface area contributed by atoms with E-state index in [4.69, 9.17) is 19.0 Å². The number of carbonyl (C=O) groups is 1. The molecule has 8 heteroatoms. The number of aromatic amines is 1. The molecule has 31 heavy (non-hydrogen) atoms. The molecule has 7 nitrogen and oxygen atoms in total. The Balaban J connectivity index is 1.41. The molecule has 3 fully saturated rings. The Labute approximate surface area is 184 Å². The van der Waals surface area contributed by atoms with Crippen molar-refractivity contribution in [2.75, 3.05) is 0 Å². The summed E-state index contributed by atoms with van der Waals surface area (Å²) in [5.41, 5.74) is 1.47. The minimum Gasteiger partial charge on any atom is -0.444 e. The number of nitrogens with zero attached hydrogens (tertiary/aromatic N) is 2. The number of fused-ring (bicyclic) bond motifs is 2. The number of benzene rings is 1. The average Bonchev–Trinajstić information content (AvgIpc) is 3.02. The van der Waals surface area contributed by atoms with Gasteiger partial charge in [0, 0.05) is 6.04 Å². The second kappa shape index (κ2) is 6.48. The van der Waals surface area contributed by atoms with E-state index in [1.807, 2.05) is 43.9 Å². The van der Waals surface area contributed by atoms with Gasteiger partial charge in [0.25, 0.3) is 0 Å². The zero-order chi connectivity index (χ0) is 22.3. The van der Waals surface area contributed by atoms with Crippen LogP contribution in [-0.4, -0.2) is 50.9 Å². The summed E-state index contributed by atoms with van der Waals surface area (Å²) in [6.07, 6.45) is 1.73. The van der Waals surface area contributed by atoms with E-state index in [1.54, 1.807) is 0 Å². The van der Waals surface area contributed by atoms with E-state index < -0.39 is 12.7 Å². The van der Waals surface area contributed by atoms with Crippen molar-refractivity contribution in [3.05, 3.63) is 24.0 Å². The molecule has 1 amide bonds. The molecule has 2 unspecified atom stereocenters. The summed E-state index contributed by atoms with van der Waals surface area (Å²) in [4.78, 5) is 23.0. The maximum Gasteiger partial charge on any atom is 0.494 e. The predicted octanol–water partition coefficient (Wildman–Crippen LogP) is 3.93. The van der Waals surface area contributed by atoms with E-state index in [9.17, 15) is 4.79 Å². The second-order valence-corrected chi connectivity index (χ2v) is 11.2. The van der Waals surface area contributed by atoms with E-state index in [2.05, 4.69) is 32.7 Å². The van der Waals surface area contributed by atoms with Gasteiger partial charge in [0.2, 0.25) is 0 Å². The monoisotopic (exact) mass is 425 g/mol. The molecule has 1 saturated carbocycles. The Hall–Kier alpha value is -2.06. The summed E-state index contributed by atoms with van der Waals surface area (Å²) in [5, 5.41) is 0. The predicted molar refractivity (Wildman–Crippen MR) is 119 cm³/mol. The highest BCUT2D eigenvalue weighted by molar-refractivity contribution is 6.62. The van der Waals surface area contributed by atoms with Crippen LogP contribution in [0.5, 0.6) is 0 Å². The van der Waals surface area contributed by atoms with Gasteiger partial charge in [0.15, 0.2) is 0 Å². The lowest BCUT2D eigenvalue weighted by Crippen LogP contribution is -2.41. The lowest BCUT2D eigenvalue weighted by molar-refractivity contribution is 0.00578. The van der Waals surface area contributed by atoms with Gasteiger partial charge in [-0.2, -0.15) is 0 Å². The number of imidazole rings is 1. The smallest absolute Gasteiger partial charge is 0.444 e. The largest absolute Gasteiger partial charge is 0.494 e. The lowest BCUT2D eigenvalue weighted by Gasteiger charge is -2.32. The summed E-state index contributed by atoms with van der Waals surface area (Å²) in [5.74, 6) is 1.37. The zero-order valence-corrected chi connectivity index (χ0v) is 19.5. The average molecular weight is 425 g/mol. The normalized spacial score (nSPS) is 28.8. The number of hydrogen-bond donors (Lipinski definition) is 1. The SMILES string of the molecule is CC(C)(C)OC(=O)N1C2CC2C[C@H]1c1nc2ccc(B3OC(C)(C)C(C)(C)O3)cc2[nH]1. The van der Waals surface area contributed by atoms with Crippen molar-refractivity contribution in [3.63, 3.8) is 0 Å². The number of amides is 1. The van der Waals surface area contributed by atoms with E-state index in [0.29, 0.717) is 5.92 Å². The third-order valence-electron chi connectivity index (χ3n) is 7.07. The summed E-state index contributed by atoms with van der Waals surface area (Å²) in [6.45, 7) is 13.9. The van der Waals surface area contributed by atoms with Crippen LogP contribution in [0.2, 0.25) is 0 Å². The summed E-state index contributed by atoms with van der Waals surface area (Å²) >= 11 is 0. The molecule has 0 bridgehead atoms. The summed E-state index contributed by atoms with van der Waals surface area (Å²) < 4.78 is 18.1. The molecule has 0 spiro atoms. The lowest BCUT2D eigenvalue weighted by atomic mass is 9.79. The molecule has 2 saturated heterocycles. The quantitative estimate of drug-likeness (QED) is 0.738. The Morgan fingerprint density at radius 1 is 1.19 bits per heavy atom. The van der Waals surface area contributed by atoms with Gasteiger partial charge in [0.05, 0.1) is 28.3 Å². The van der Waals surface area contributed by atoms with Crippen molar-refractivity contribution in [1.29, 1.82) is 0 Å². The number of ether oxygens (including phenoxy) is 1. The Bertz CT molecular complexity index is 1030. The number of H-pyrrole nitrogens is 1. The van der Waals surface area contributed by atoms with Gasteiger partial charge in [-0.05, 0) is 84.8 Å². The zero-order valence-electron chi connectivity index (χ0n) is 19.5. The van der Waals surface area contributed by atoms with E-state index in [1.165, 1.54) is 0 Å². The van der Waals surface area contributed by atoms with E-state index in [-0.39, 0.29) is 29.4 Å². The fourth-order valence-corrected chi connectivity index (χ4v) is 4.61. The maximum absolute atomic E-state index is 12.9. The molecule has 1 aromatic heterocycles. The van der Waals surface area contributed by atoms with Gasteiger partial charge in [0.1, 0.15) is 11.4 Å². The molecule has 3 aliphatic rings. The van der Waals surface area contributed by atoms with Gasteiger partial charge in [-0.1, -0.05) is 6.07 Å². The first-order chi connectivity index (χ1) is 14.3. The number of nitrogens with one attached hydrogen (secondary N) is 1. The Morgan fingerprint density at radius 3 is 2.52 bits per heavy atom. The maximum atomic E-state index is 12.9. The van der Waals surface area contributed by atoms with Gasteiger partial charge in [-0.3, -0.25) is 4.90 Å². The van der Waals surface area contributed by atoms with Crippen LogP contribution < -0.4 is 5.46 Å². The van der Waals surface area contributed by atoms with E-state index in [0.717, 1.165) is 35.2 Å². The number of rotatable bonds is 2. The molecule has 2 aromatic rings. The second-order valence-electron chi connectivity index (χ2n) is 11.2. The first-order valence-corrected chi connectivity index (χ1v) is 11.2. The number of likely N-dealkylation sites (tertiary alicyclic amines) is 1. The Morgan fingerprint density at radius 2 is 1.87 bits per heavy atom. The third kappa shape index (κ3) is 3.54. The molecule has 2 aliphatic heterocycles. The van der Waals surface area contributed by atoms with Crippen LogP contribution in [0.25, 0.3) is 11.0 Å². The topological polar surface area (TPSA) is 76.7 Å². The molecule has 3 atom stereocenters. The molecule has 3 heterocycles.